The van der Waals surface area contributed by atoms with E-state index in [9.17, 15) is 0 Å². The molecule has 2 atom stereocenters. The maximum absolute atomic E-state index is 6.45. The highest BCUT2D eigenvalue weighted by atomic mass is 79.9. The first-order chi connectivity index (χ1) is 14.1. The summed E-state index contributed by atoms with van der Waals surface area (Å²) in [6, 6.07) is 10.6. The minimum absolute atomic E-state index is 0.170. The van der Waals surface area contributed by atoms with Gasteiger partial charge in [0, 0.05) is 16.2 Å². The third-order valence-corrected chi connectivity index (χ3v) is 6.63. The molecule has 0 unspecified atom stereocenters. The molecule has 0 aliphatic heterocycles. The van der Waals surface area contributed by atoms with Gasteiger partial charge in [-0.1, -0.05) is 15.9 Å². The van der Waals surface area contributed by atoms with Crippen molar-refractivity contribution in [1.82, 2.24) is 19.9 Å². The predicted octanol–water partition coefficient (Wildman–Crippen LogP) is 5.22. The molecule has 4 aromatic rings. The van der Waals surface area contributed by atoms with Crippen molar-refractivity contribution >= 4 is 59.9 Å². The highest BCUT2D eigenvalue weighted by Crippen LogP contribution is 2.38. The molecule has 1 N–H and O–H groups in total. The van der Waals surface area contributed by atoms with Gasteiger partial charge < -0.3 is 15.0 Å². The van der Waals surface area contributed by atoms with Gasteiger partial charge >= 0.3 is 0 Å². The van der Waals surface area contributed by atoms with Crippen molar-refractivity contribution in [3.8, 4) is 5.75 Å². The Morgan fingerprint density at radius 3 is 2.79 bits per heavy atom. The number of anilines is 2. The maximum Gasteiger partial charge on any atom is 0.145 e. The van der Waals surface area contributed by atoms with E-state index in [-0.39, 0.29) is 6.10 Å². The molecule has 0 spiro atoms. The predicted molar refractivity (Wildman–Crippen MR) is 121 cm³/mol. The van der Waals surface area contributed by atoms with Gasteiger partial charge in [0.05, 0.1) is 26.6 Å². The fourth-order valence-corrected chi connectivity index (χ4v) is 4.86. The molecule has 2 heterocycles. The minimum Gasteiger partial charge on any atom is -0.488 e. The lowest BCUT2D eigenvalue weighted by Crippen LogP contribution is -2.50. The fraction of sp³-hybridized carbons (Fsp3) is 0.286. The summed E-state index contributed by atoms with van der Waals surface area (Å²) in [7, 11) is 4.20. The smallest absolute Gasteiger partial charge is 0.145 e. The van der Waals surface area contributed by atoms with Gasteiger partial charge in [0.1, 0.15) is 24.0 Å². The van der Waals surface area contributed by atoms with Crippen LogP contribution in [0.4, 0.5) is 11.5 Å². The molecule has 148 valence electrons. The van der Waals surface area contributed by atoms with Crippen molar-refractivity contribution in [2.45, 2.75) is 25.0 Å². The number of benzene rings is 2. The molecule has 29 heavy (non-hydrogen) atoms. The summed E-state index contributed by atoms with van der Waals surface area (Å²) < 4.78 is 8.53. The molecule has 2 aromatic heterocycles. The summed E-state index contributed by atoms with van der Waals surface area (Å²) in [6.07, 6.45) is 3.96. The molecule has 0 amide bonds. The molecule has 8 heteroatoms. The Labute approximate surface area is 181 Å². The van der Waals surface area contributed by atoms with Crippen LogP contribution in [0.1, 0.15) is 12.8 Å². The Bertz CT molecular complexity index is 1190. The summed E-state index contributed by atoms with van der Waals surface area (Å²) >= 11 is 5.22. The monoisotopic (exact) mass is 469 g/mol. The molecule has 5 rings (SSSR count). The van der Waals surface area contributed by atoms with Crippen LogP contribution in [-0.4, -0.2) is 46.1 Å². The van der Waals surface area contributed by atoms with Crippen LogP contribution in [0.3, 0.4) is 0 Å². The molecule has 1 aliphatic carbocycles. The van der Waals surface area contributed by atoms with Gasteiger partial charge in [-0.3, -0.25) is 0 Å². The van der Waals surface area contributed by atoms with Crippen molar-refractivity contribution in [3.05, 3.63) is 46.6 Å². The standard InChI is InChI=1S/C21H20BrN5OS/c1-27(2)16-5-6-17(16)28-18-8-12(22)7-15-20(18)21(24-10-23-15)26-13-3-4-14-19(9-13)29-11-25-14/h3-4,7-11,16-17H,5-6H2,1-2H3,(H,23,24,26)/t16-,17+/m0/s1. The van der Waals surface area contributed by atoms with Crippen LogP contribution >= 0.6 is 27.3 Å². The highest BCUT2D eigenvalue weighted by molar-refractivity contribution is 9.10. The summed E-state index contributed by atoms with van der Waals surface area (Å²) in [5, 5.41) is 4.35. The lowest BCUT2D eigenvalue weighted by molar-refractivity contribution is 0.0205. The number of nitrogens with one attached hydrogen (secondary N) is 1. The number of halogens is 1. The van der Waals surface area contributed by atoms with Crippen LogP contribution in [0.5, 0.6) is 5.75 Å². The summed E-state index contributed by atoms with van der Waals surface area (Å²) in [4.78, 5) is 15.6. The molecule has 1 aliphatic rings. The van der Waals surface area contributed by atoms with Gasteiger partial charge in [-0.05, 0) is 57.3 Å². The Morgan fingerprint density at radius 1 is 1.10 bits per heavy atom. The summed E-state index contributed by atoms with van der Waals surface area (Å²) in [5.41, 5.74) is 4.66. The molecule has 1 saturated carbocycles. The minimum atomic E-state index is 0.170. The fourth-order valence-electron chi connectivity index (χ4n) is 3.72. The van der Waals surface area contributed by atoms with Gasteiger partial charge in [0.2, 0.25) is 0 Å². The van der Waals surface area contributed by atoms with Crippen LogP contribution in [0.2, 0.25) is 0 Å². The molecule has 0 saturated heterocycles. The van der Waals surface area contributed by atoms with E-state index in [2.05, 4.69) is 61.3 Å². The molecule has 2 aromatic carbocycles. The van der Waals surface area contributed by atoms with Gasteiger partial charge in [0.15, 0.2) is 0 Å². The molecule has 1 fully saturated rings. The summed E-state index contributed by atoms with van der Waals surface area (Å²) in [5.74, 6) is 1.54. The Balaban J connectivity index is 1.54. The van der Waals surface area contributed by atoms with E-state index >= 15 is 0 Å². The molecule has 0 radical (unpaired) electrons. The van der Waals surface area contributed by atoms with Crippen molar-refractivity contribution in [2.24, 2.45) is 0 Å². The molecular weight excluding hydrogens is 450 g/mol. The van der Waals surface area contributed by atoms with Crippen LogP contribution in [-0.2, 0) is 0 Å². The van der Waals surface area contributed by atoms with E-state index in [0.29, 0.717) is 6.04 Å². The van der Waals surface area contributed by atoms with Gasteiger partial charge in [-0.25, -0.2) is 15.0 Å². The van der Waals surface area contributed by atoms with E-state index in [1.54, 1.807) is 17.7 Å². The number of rotatable bonds is 5. The number of aromatic nitrogens is 3. The maximum atomic E-state index is 6.45. The number of hydrogen-bond donors (Lipinski definition) is 1. The normalized spacial score (nSPS) is 18.9. The van der Waals surface area contributed by atoms with Crippen molar-refractivity contribution in [1.29, 1.82) is 0 Å². The van der Waals surface area contributed by atoms with Crippen LogP contribution in [0.15, 0.2) is 46.6 Å². The Hall–Kier alpha value is -2.29. The average molecular weight is 470 g/mol. The largest absolute Gasteiger partial charge is 0.488 e. The molecule has 6 nitrogen and oxygen atoms in total. The van der Waals surface area contributed by atoms with E-state index in [1.807, 2.05) is 29.8 Å². The van der Waals surface area contributed by atoms with E-state index < -0.39 is 0 Å². The first kappa shape index (κ1) is 18.7. The Kier molecular flexibility index (Phi) is 4.85. The van der Waals surface area contributed by atoms with E-state index in [1.165, 1.54) is 0 Å². The van der Waals surface area contributed by atoms with E-state index in [0.717, 1.165) is 55.7 Å². The average Bonchev–Trinajstić information content (AvgIpc) is 3.12. The SMILES string of the molecule is CN(C)[C@H]1CC[C@H]1Oc1cc(Br)cc2ncnc(Nc3ccc4ncsc4c3)c12. The second-order valence-electron chi connectivity index (χ2n) is 7.44. The van der Waals surface area contributed by atoms with Crippen molar-refractivity contribution in [3.63, 3.8) is 0 Å². The zero-order valence-corrected chi connectivity index (χ0v) is 18.5. The highest BCUT2D eigenvalue weighted by Gasteiger charge is 2.35. The number of fused-ring (bicyclic) bond motifs is 2. The lowest BCUT2D eigenvalue weighted by atomic mass is 9.88. The number of hydrogen-bond acceptors (Lipinski definition) is 7. The van der Waals surface area contributed by atoms with Crippen molar-refractivity contribution < 1.29 is 4.74 Å². The van der Waals surface area contributed by atoms with Gasteiger partial charge in [0.25, 0.3) is 0 Å². The summed E-state index contributed by atoms with van der Waals surface area (Å²) in [6.45, 7) is 0. The first-order valence-electron chi connectivity index (χ1n) is 9.46. The Morgan fingerprint density at radius 2 is 2.00 bits per heavy atom. The number of ether oxygens (including phenoxy) is 1. The van der Waals surface area contributed by atoms with Crippen LogP contribution in [0.25, 0.3) is 21.1 Å². The van der Waals surface area contributed by atoms with Crippen LogP contribution < -0.4 is 10.1 Å². The second-order valence-corrected chi connectivity index (χ2v) is 9.25. The lowest BCUT2D eigenvalue weighted by Gasteiger charge is -2.40. The number of nitrogens with zero attached hydrogens (tertiary/aromatic N) is 4. The zero-order chi connectivity index (χ0) is 20.0. The third kappa shape index (κ3) is 3.56. The topological polar surface area (TPSA) is 63.2 Å². The number of thiazole rings is 1. The van der Waals surface area contributed by atoms with Crippen LogP contribution in [0, 0.1) is 0 Å². The number of likely N-dealkylation sites (N-methyl/N-ethyl adjacent to an activating group) is 1. The van der Waals surface area contributed by atoms with Gasteiger partial charge in [-0.15, -0.1) is 11.3 Å². The quantitative estimate of drug-likeness (QED) is 0.432. The molecule has 0 bridgehead atoms. The van der Waals surface area contributed by atoms with Gasteiger partial charge in [-0.2, -0.15) is 0 Å². The zero-order valence-electron chi connectivity index (χ0n) is 16.1. The van der Waals surface area contributed by atoms with E-state index in [4.69, 9.17) is 4.74 Å². The molecular formula is C21H20BrN5OS. The first-order valence-corrected chi connectivity index (χ1v) is 11.1. The third-order valence-electron chi connectivity index (χ3n) is 5.38. The second kappa shape index (κ2) is 7.51. The van der Waals surface area contributed by atoms with Crippen molar-refractivity contribution in [2.75, 3.05) is 19.4 Å².